The molecule has 0 aliphatic rings. The van der Waals surface area contributed by atoms with E-state index in [0.717, 1.165) is 5.75 Å². The molecule has 0 saturated heterocycles. The smallest absolute Gasteiger partial charge is 0.0521 e. The highest BCUT2D eigenvalue weighted by Gasteiger charge is 1.69. The third kappa shape index (κ3) is 4.31. The minimum Gasteiger partial charge on any atom is -0.396 e. The van der Waals surface area contributed by atoms with Crippen molar-refractivity contribution in [2.75, 3.05) is 12.4 Å². The molecule has 0 aliphatic heterocycles. The highest BCUT2D eigenvalue weighted by atomic mass is 32.2. The number of hydrogen-bond donors (Lipinski definition) is 1. The maximum absolute atomic E-state index is 8.01. The molecule has 0 aromatic carbocycles. The maximum atomic E-state index is 8.01. The monoisotopic (exact) mass is 91.0 g/mol. The highest BCUT2D eigenvalue weighted by molar-refractivity contribution is 8.00. The molecule has 0 aliphatic carbocycles. The van der Waals surface area contributed by atoms with Gasteiger partial charge in [0, 0.05) is 12.0 Å². The Bertz CT molecular complexity index is 14.4. The predicted octanol–water partition coefficient (Wildman–Crippen LogP) is 0.503. The Kier molecular flexibility index (Phi) is 4.58. The van der Waals surface area contributed by atoms with Gasteiger partial charge in [0.1, 0.15) is 0 Å². The van der Waals surface area contributed by atoms with Gasteiger partial charge in [-0.3, -0.25) is 0 Å². The summed E-state index contributed by atoms with van der Waals surface area (Å²) in [5, 5.41) is 8.01. The second-order valence-corrected chi connectivity index (χ2v) is 1.45. The van der Waals surface area contributed by atoms with Crippen LogP contribution in [0.4, 0.5) is 0 Å². The molecule has 31 valence electrons. The molecule has 5 heavy (non-hydrogen) atoms. The summed E-state index contributed by atoms with van der Waals surface area (Å²) in [6.45, 7) is 0.244. The molecule has 0 atom stereocenters. The van der Waals surface area contributed by atoms with Crippen LogP contribution < -0.4 is 0 Å². The molecule has 0 aromatic heterocycles. The summed E-state index contributed by atoms with van der Waals surface area (Å²) in [6.07, 6.45) is 3.43. The fourth-order valence-electron chi connectivity index (χ4n) is 0.0645. The van der Waals surface area contributed by atoms with E-state index in [4.69, 9.17) is 5.11 Å². The Balaban J connectivity index is 2.19. The minimum atomic E-state index is 0.244. The molecule has 0 saturated carbocycles. The van der Waals surface area contributed by atoms with Crippen LogP contribution in [0, 0.1) is 6.26 Å². The lowest BCUT2D eigenvalue weighted by molar-refractivity contribution is 0.322. The van der Waals surface area contributed by atoms with Gasteiger partial charge in [-0.2, -0.15) is 11.8 Å². The second kappa shape index (κ2) is 4.31. The van der Waals surface area contributed by atoms with Crippen molar-refractivity contribution >= 4 is 11.8 Å². The lowest BCUT2D eigenvalue weighted by Gasteiger charge is -1.79. The lowest BCUT2D eigenvalue weighted by Crippen LogP contribution is -1.80. The first-order valence-electron chi connectivity index (χ1n) is 1.39. The van der Waals surface area contributed by atoms with Crippen LogP contribution in [-0.4, -0.2) is 17.5 Å². The van der Waals surface area contributed by atoms with E-state index in [9.17, 15) is 0 Å². The molecule has 1 nitrogen and oxygen atoms in total. The van der Waals surface area contributed by atoms with Gasteiger partial charge in [0.25, 0.3) is 0 Å². The van der Waals surface area contributed by atoms with Crippen LogP contribution in [0.15, 0.2) is 0 Å². The van der Waals surface area contributed by atoms with Crippen molar-refractivity contribution in [3.05, 3.63) is 6.26 Å². The van der Waals surface area contributed by atoms with Crippen LogP contribution in [0.25, 0.3) is 0 Å². The first kappa shape index (κ1) is 5.31. The Morgan fingerprint density at radius 1 is 1.80 bits per heavy atom. The standard InChI is InChI=1S/C3H7OS/c1-5-3-2-4/h4H,1-3H2. The highest BCUT2D eigenvalue weighted by Crippen LogP contribution is 1.88. The maximum Gasteiger partial charge on any atom is 0.0521 e. The lowest BCUT2D eigenvalue weighted by atomic mass is 10.9. The molecule has 0 aromatic rings. The van der Waals surface area contributed by atoms with Gasteiger partial charge in [-0.05, 0) is 0 Å². The van der Waals surface area contributed by atoms with Crippen molar-refractivity contribution in [3.63, 3.8) is 0 Å². The second-order valence-electron chi connectivity index (χ2n) is 0.632. The van der Waals surface area contributed by atoms with Crippen LogP contribution in [0.1, 0.15) is 0 Å². The Morgan fingerprint density at radius 3 is 2.40 bits per heavy atom. The van der Waals surface area contributed by atoms with Crippen LogP contribution in [-0.2, 0) is 0 Å². The summed E-state index contributed by atoms with van der Waals surface area (Å²) in [5.74, 6) is 0.750. The van der Waals surface area contributed by atoms with Crippen LogP contribution in [0.5, 0.6) is 0 Å². The molecule has 0 unspecified atom stereocenters. The predicted molar refractivity (Wildman–Crippen MR) is 24.9 cm³/mol. The zero-order chi connectivity index (χ0) is 4.12. The molecule has 0 spiro atoms. The van der Waals surface area contributed by atoms with E-state index in [2.05, 4.69) is 6.26 Å². The van der Waals surface area contributed by atoms with Crippen molar-refractivity contribution < 1.29 is 5.11 Å². The van der Waals surface area contributed by atoms with Crippen LogP contribution in [0.3, 0.4) is 0 Å². The summed E-state index contributed by atoms with van der Waals surface area (Å²) in [7, 11) is 0. The zero-order valence-electron chi connectivity index (χ0n) is 2.98. The van der Waals surface area contributed by atoms with Crippen molar-refractivity contribution in [1.82, 2.24) is 0 Å². The molecule has 0 bridgehead atoms. The minimum absolute atomic E-state index is 0.244. The average molecular weight is 91.2 g/mol. The van der Waals surface area contributed by atoms with Gasteiger partial charge in [-0.25, -0.2) is 0 Å². The van der Waals surface area contributed by atoms with Gasteiger partial charge in [-0.15, -0.1) is 0 Å². The Morgan fingerprint density at radius 2 is 2.40 bits per heavy atom. The molecular formula is C3H7OS. The molecule has 2 heteroatoms. The third-order valence-corrected chi connectivity index (χ3v) is 0.707. The van der Waals surface area contributed by atoms with E-state index in [1.54, 1.807) is 0 Å². The summed E-state index contributed by atoms with van der Waals surface area (Å²) in [5.41, 5.74) is 0. The van der Waals surface area contributed by atoms with Gasteiger partial charge >= 0.3 is 0 Å². The number of rotatable bonds is 2. The summed E-state index contributed by atoms with van der Waals surface area (Å²) in [6, 6.07) is 0. The number of hydrogen-bond acceptors (Lipinski definition) is 2. The van der Waals surface area contributed by atoms with E-state index in [1.165, 1.54) is 11.8 Å². The van der Waals surface area contributed by atoms with Crippen molar-refractivity contribution in [1.29, 1.82) is 0 Å². The van der Waals surface area contributed by atoms with Gasteiger partial charge in [-0.1, -0.05) is 0 Å². The third-order valence-electron chi connectivity index (χ3n) is 0.236. The quantitative estimate of drug-likeness (QED) is 0.534. The summed E-state index contributed by atoms with van der Waals surface area (Å²) in [4.78, 5) is 0. The van der Waals surface area contributed by atoms with Crippen molar-refractivity contribution in [3.8, 4) is 0 Å². The van der Waals surface area contributed by atoms with E-state index in [1.807, 2.05) is 0 Å². The Labute approximate surface area is 36.4 Å². The molecule has 1 radical (unpaired) electrons. The first-order chi connectivity index (χ1) is 2.41. The van der Waals surface area contributed by atoms with E-state index >= 15 is 0 Å². The molecule has 1 N–H and O–H groups in total. The van der Waals surface area contributed by atoms with Crippen molar-refractivity contribution in [2.24, 2.45) is 0 Å². The molecule has 0 fully saturated rings. The van der Waals surface area contributed by atoms with E-state index < -0.39 is 0 Å². The first-order valence-corrected chi connectivity index (χ1v) is 2.55. The fraction of sp³-hybridized carbons (Fsp3) is 0.667. The summed E-state index contributed by atoms with van der Waals surface area (Å²) >= 11 is 1.40. The number of aliphatic hydroxyl groups excluding tert-OH is 1. The Hall–Kier alpha value is 0.310. The summed E-state index contributed by atoms with van der Waals surface area (Å²) < 4.78 is 0. The molecule has 0 heterocycles. The number of thioether (sulfide) groups is 1. The van der Waals surface area contributed by atoms with Crippen molar-refractivity contribution in [2.45, 2.75) is 0 Å². The van der Waals surface area contributed by atoms with E-state index in [-0.39, 0.29) is 6.61 Å². The number of aliphatic hydroxyl groups is 1. The topological polar surface area (TPSA) is 20.2 Å². The van der Waals surface area contributed by atoms with Crippen LogP contribution >= 0.6 is 11.8 Å². The molecule has 0 amide bonds. The van der Waals surface area contributed by atoms with Gasteiger partial charge in [0.2, 0.25) is 0 Å². The van der Waals surface area contributed by atoms with Gasteiger partial charge < -0.3 is 5.11 Å². The zero-order valence-corrected chi connectivity index (χ0v) is 3.79. The molecular weight excluding hydrogens is 84.1 g/mol. The fourth-order valence-corrected chi connectivity index (χ4v) is 0.194. The van der Waals surface area contributed by atoms with E-state index in [0.29, 0.717) is 0 Å². The van der Waals surface area contributed by atoms with Gasteiger partial charge in [0.05, 0.1) is 6.61 Å². The largest absolute Gasteiger partial charge is 0.396 e. The average Bonchev–Trinajstić information content (AvgIpc) is 1.41. The van der Waals surface area contributed by atoms with Crippen LogP contribution in [0.2, 0.25) is 0 Å². The molecule has 0 rings (SSSR count). The SMILES string of the molecule is [CH2]SCCO. The normalized spacial score (nSPS) is 8.40. The van der Waals surface area contributed by atoms with Gasteiger partial charge in [0.15, 0.2) is 0 Å².